The summed E-state index contributed by atoms with van der Waals surface area (Å²) >= 11 is 4.65. The van der Waals surface area contributed by atoms with Crippen molar-refractivity contribution in [3.63, 3.8) is 0 Å². The zero-order valence-corrected chi connectivity index (χ0v) is 24.6. The van der Waals surface area contributed by atoms with Crippen molar-refractivity contribution in [1.82, 2.24) is 5.43 Å². The minimum atomic E-state index is -1.03. The van der Waals surface area contributed by atoms with Crippen molar-refractivity contribution in [2.24, 2.45) is 11.0 Å². The number of aryl methyl sites for hydroxylation is 1. The number of amides is 2. The molecule has 0 spiro atoms. The van der Waals surface area contributed by atoms with Gasteiger partial charge >= 0.3 is 23.8 Å². The molecule has 2 aromatic carbocycles. The van der Waals surface area contributed by atoms with Crippen molar-refractivity contribution >= 4 is 62.2 Å². The molecular weight excluding hydrogens is 598 g/mol. The SMILES string of the molecule is CCOC(=O)c1c(NC(=O)C(=O)N/N=C\c2cc(Br)ccc2OC(=O)c2cccc(C)c2)sc2c1CC[C@@H](C)C2. The quantitative estimate of drug-likeness (QED) is 0.119. The molecule has 0 radical (unpaired) electrons. The molecule has 0 saturated heterocycles. The average molecular weight is 627 g/mol. The molecule has 1 aliphatic rings. The summed E-state index contributed by atoms with van der Waals surface area (Å²) in [5, 5.41) is 6.72. The molecule has 11 heteroatoms. The molecule has 2 N–H and O–H groups in total. The second kappa shape index (κ2) is 13.0. The first-order valence-electron chi connectivity index (χ1n) is 12.7. The van der Waals surface area contributed by atoms with Gasteiger partial charge in [-0.3, -0.25) is 9.59 Å². The number of esters is 2. The van der Waals surface area contributed by atoms with Crippen molar-refractivity contribution in [1.29, 1.82) is 0 Å². The van der Waals surface area contributed by atoms with Crippen LogP contribution in [-0.4, -0.2) is 36.6 Å². The van der Waals surface area contributed by atoms with Crippen molar-refractivity contribution in [3.8, 4) is 5.75 Å². The standard InChI is InChI=1S/C29H28BrN3O6S/c1-4-38-29(37)24-21-10-8-17(3)13-23(21)40-27(24)32-25(34)26(35)33-31-15-19-14-20(30)9-11-22(19)39-28(36)18-7-5-6-16(2)12-18/h5-7,9,11-12,14-15,17H,4,8,10,13H2,1-3H3,(H,32,34)(H,33,35)/b31-15-/t17-/m1/s1. The molecular formula is C29H28BrN3O6S. The number of hydrazone groups is 1. The number of anilines is 1. The van der Waals surface area contributed by atoms with E-state index in [0.29, 0.717) is 38.5 Å². The summed E-state index contributed by atoms with van der Waals surface area (Å²) in [4.78, 5) is 51.5. The number of carbonyl (C=O) groups is 4. The highest BCUT2D eigenvalue weighted by molar-refractivity contribution is 9.10. The fourth-order valence-corrected chi connectivity index (χ4v) is 6.05. The van der Waals surface area contributed by atoms with Gasteiger partial charge in [0.2, 0.25) is 0 Å². The Hall–Kier alpha value is -3.83. The van der Waals surface area contributed by atoms with Crippen LogP contribution in [0.2, 0.25) is 0 Å². The van der Waals surface area contributed by atoms with Crippen LogP contribution in [-0.2, 0) is 27.2 Å². The van der Waals surface area contributed by atoms with Gasteiger partial charge in [-0.15, -0.1) is 11.3 Å². The number of thiophene rings is 1. The van der Waals surface area contributed by atoms with Crippen molar-refractivity contribution < 1.29 is 28.7 Å². The lowest BCUT2D eigenvalue weighted by Crippen LogP contribution is -2.32. The first kappa shape index (κ1) is 29.2. The molecule has 1 heterocycles. The summed E-state index contributed by atoms with van der Waals surface area (Å²) in [7, 11) is 0. The van der Waals surface area contributed by atoms with Gasteiger partial charge < -0.3 is 14.8 Å². The Bertz CT molecular complexity index is 1500. The van der Waals surface area contributed by atoms with Crippen LogP contribution in [0.4, 0.5) is 5.00 Å². The summed E-state index contributed by atoms with van der Waals surface area (Å²) < 4.78 is 11.4. The summed E-state index contributed by atoms with van der Waals surface area (Å²) in [6, 6.07) is 11.9. The number of halogens is 1. The molecule has 0 fully saturated rings. The van der Waals surface area contributed by atoms with E-state index in [9.17, 15) is 19.2 Å². The number of nitrogens with zero attached hydrogens (tertiary/aromatic N) is 1. The Morgan fingerprint density at radius 1 is 1.12 bits per heavy atom. The summed E-state index contributed by atoms with van der Waals surface area (Å²) in [6.07, 6.45) is 3.69. The smallest absolute Gasteiger partial charge is 0.343 e. The van der Waals surface area contributed by atoms with Gasteiger partial charge in [0.25, 0.3) is 0 Å². The number of benzene rings is 2. The normalized spacial score (nSPS) is 14.3. The van der Waals surface area contributed by atoms with E-state index in [1.165, 1.54) is 17.6 Å². The van der Waals surface area contributed by atoms with E-state index >= 15 is 0 Å². The Labute approximate surface area is 244 Å². The molecule has 0 saturated carbocycles. The zero-order valence-electron chi connectivity index (χ0n) is 22.2. The van der Waals surface area contributed by atoms with Crippen LogP contribution in [0.25, 0.3) is 0 Å². The van der Waals surface area contributed by atoms with Crippen molar-refractivity contribution in [2.75, 3.05) is 11.9 Å². The highest BCUT2D eigenvalue weighted by Gasteiger charge is 2.30. The van der Waals surface area contributed by atoms with Gasteiger partial charge in [0, 0.05) is 14.9 Å². The maximum atomic E-state index is 12.7. The first-order valence-corrected chi connectivity index (χ1v) is 14.3. The van der Waals surface area contributed by atoms with Crippen LogP contribution < -0.4 is 15.5 Å². The number of nitrogens with one attached hydrogen (secondary N) is 2. The Kier molecular flexibility index (Phi) is 9.49. The molecule has 0 unspecified atom stereocenters. The minimum Gasteiger partial charge on any atom is -0.462 e. The summed E-state index contributed by atoms with van der Waals surface area (Å²) in [5.41, 5.74) is 5.07. The molecule has 2 amide bonds. The van der Waals surface area contributed by atoms with Crippen LogP contribution in [0.5, 0.6) is 5.75 Å². The number of hydrogen-bond donors (Lipinski definition) is 2. The monoisotopic (exact) mass is 625 g/mol. The number of rotatable bonds is 7. The molecule has 40 heavy (non-hydrogen) atoms. The van der Waals surface area contributed by atoms with E-state index < -0.39 is 23.8 Å². The molecule has 0 aliphatic heterocycles. The summed E-state index contributed by atoms with van der Waals surface area (Å²) in [5.74, 6) is -2.40. The van der Waals surface area contributed by atoms with Crippen molar-refractivity contribution in [2.45, 2.75) is 40.0 Å². The van der Waals surface area contributed by atoms with Gasteiger partial charge in [0.15, 0.2) is 0 Å². The van der Waals surface area contributed by atoms with Crippen molar-refractivity contribution in [3.05, 3.63) is 79.6 Å². The molecule has 1 aromatic heterocycles. The predicted molar refractivity (Wildman–Crippen MR) is 156 cm³/mol. The molecule has 4 rings (SSSR count). The molecule has 1 atom stereocenters. The number of ether oxygens (including phenoxy) is 2. The number of hydrogen-bond acceptors (Lipinski definition) is 8. The van der Waals surface area contributed by atoms with Gasteiger partial charge in [-0.2, -0.15) is 5.10 Å². The zero-order chi connectivity index (χ0) is 28.8. The lowest BCUT2D eigenvalue weighted by Gasteiger charge is -2.18. The fraction of sp³-hybridized carbons (Fsp3) is 0.276. The van der Waals surface area contributed by atoms with Crippen LogP contribution >= 0.6 is 27.3 Å². The van der Waals surface area contributed by atoms with Gasteiger partial charge in [-0.05, 0) is 74.9 Å². The third-order valence-electron chi connectivity index (χ3n) is 6.22. The van der Waals surface area contributed by atoms with Crippen LogP contribution in [0.3, 0.4) is 0 Å². The van der Waals surface area contributed by atoms with Gasteiger partial charge in [0.05, 0.1) is 23.9 Å². The molecule has 3 aromatic rings. The van der Waals surface area contributed by atoms with Crippen LogP contribution in [0, 0.1) is 12.8 Å². The van der Waals surface area contributed by atoms with E-state index in [-0.39, 0.29) is 12.4 Å². The van der Waals surface area contributed by atoms with Gasteiger partial charge in [-0.1, -0.05) is 40.5 Å². The Morgan fingerprint density at radius 2 is 1.93 bits per heavy atom. The number of carbonyl (C=O) groups excluding carboxylic acids is 4. The topological polar surface area (TPSA) is 123 Å². The van der Waals surface area contributed by atoms with Gasteiger partial charge in [0.1, 0.15) is 10.8 Å². The fourth-order valence-electron chi connectivity index (χ4n) is 4.27. The molecule has 9 nitrogen and oxygen atoms in total. The van der Waals surface area contributed by atoms with E-state index in [0.717, 1.165) is 28.8 Å². The van der Waals surface area contributed by atoms with E-state index in [2.05, 4.69) is 38.7 Å². The third kappa shape index (κ3) is 7.02. The Balaban J connectivity index is 1.45. The second-order valence-corrected chi connectivity index (χ2v) is 11.4. The molecule has 208 valence electrons. The minimum absolute atomic E-state index is 0.195. The lowest BCUT2D eigenvalue weighted by molar-refractivity contribution is -0.136. The van der Waals surface area contributed by atoms with Gasteiger partial charge in [-0.25, -0.2) is 15.0 Å². The van der Waals surface area contributed by atoms with E-state index in [4.69, 9.17) is 9.47 Å². The third-order valence-corrected chi connectivity index (χ3v) is 7.89. The Morgan fingerprint density at radius 3 is 2.67 bits per heavy atom. The second-order valence-electron chi connectivity index (χ2n) is 9.37. The number of fused-ring (bicyclic) bond motifs is 1. The molecule has 1 aliphatic carbocycles. The average Bonchev–Trinajstić information content (AvgIpc) is 3.26. The van der Waals surface area contributed by atoms with Crippen LogP contribution in [0.1, 0.15) is 62.6 Å². The summed E-state index contributed by atoms with van der Waals surface area (Å²) in [6.45, 7) is 5.91. The van der Waals surface area contributed by atoms with Crippen LogP contribution in [0.15, 0.2) is 52.0 Å². The van der Waals surface area contributed by atoms with E-state index in [1.54, 1.807) is 43.3 Å². The first-order chi connectivity index (χ1) is 19.2. The maximum absolute atomic E-state index is 12.7. The maximum Gasteiger partial charge on any atom is 0.343 e. The van der Waals surface area contributed by atoms with E-state index in [1.807, 2.05) is 13.0 Å². The largest absolute Gasteiger partial charge is 0.462 e. The lowest BCUT2D eigenvalue weighted by atomic mass is 9.88. The highest BCUT2D eigenvalue weighted by atomic mass is 79.9. The predicted octanol–water partition coefficient (Wildman–Crippen LogP) is 5.43. The molecule has 0 bridgehead atoms. The highest BCUT2D eigenvalue weighted by Crippen LogP contribution is 2.40.